The molecule has 3 aromatic rings. The Labute approximate surface area is 190 Å². The van der Waals surface area contributed by atoms with Crippen LogP contribution in [0.2, 0.25) is 0 Å². The van der Waals surface area contributed by atoms with Crippen molar-refractivity contribution >= 4 is 11.9 Å². The second-order valence-electron chi connectivity index (χ2n) is 8.00. The molecule has 0 heterocycles. The minimum atomic E-state index is -0.315. The average molecular weight is 431 g/mol. The van der Waals surface area contributed by atoms with Crippen molar-refractivity contribution < 1.29 is 19.1 Å². The molecule has 0 amide bonds. The van der Waals surface area contributed by atoms with Gasteiger partial charge < -0.3 is 9.47 Å². The molecule has 4 heteroatoms. The van der Waals surface area contributed by atoms with Gasteiger partial charge in [-0.1, -0.05) is 61.0 Å². The zero-order chi connectivity index (χ0) is 22.8. The number of carbonyl (C=O) groups excluding carboxylic acids is 2. The molecule has 1 aliphatic carbocycles. The van der Waals surface area contributed by atoms with Gasteiger partial charge in [-0.2, -0.15) is 0 Å². The van der Waals surface area contributed by atoms with E-state index < -0.39 is 0 Å². The van der Waals surface area contributed by atoms with Gasteiger partial charge in [-0.3, -0.25) is 0 Å². The first-order valence-corrected chi connectivity index (χ1v) is 11.1. The molecule has 0 N–H and O–H groups in total. The van der Waals surface area contributed by atoms with Crippen LogP contribution >= 0.6 is 0 Å². The summed E-state index contributed by atoms with van der Waals surface area (Å²) in [4.78, 5) is 23.7. The lowest BCUT2D eigenvalue weighted by molar-refractivity contribution is 0.0210. The molecule has 1 fully saturated rings. The average Bonchev–Trinajstić information content (AvgIpc) is 2.81. The largest absolute Gasteiger partial charge is 0.459 e. The Morgan fingerprint density at radius 2 is 1.16 bits per heavy atom. The van der Waals surface area contributed by atoms with E-state index in [0.29, 0.717) is 16.9 Å². The van der Waals surface area contributed by atoms with Gasteiger partial charge in [-0.15, -0.1) is 0 Å². The number of para-hydroxylation sites is 1. The zero-order valence-corrected chi connectivity index (χ0v) is 18.8. The van der Waals surface area contributed by atoms with Crippen LogP contribution in [-0.2, 0) is 4.74 Å². The van der Waals surface area contributed by atoms with Crippen molar-refractivity contribution in [1.29, 1.82) is 0 Å². The minimum Gasteiger partial charge on any atom is -0.459 e. The first-order chi connectivity index (χ1) is 15.5. The molecule has 0 atom stereocenters. The van der Waals surface area contributed by atoms with Gasteiger partial charge in [0, 0.05) is 0 Å². The van der Waals surface area contributed by atoms with Crippen LogP contribution in [-0.4, -0.2) is 18.0 Å². The molecule has 1 saturated carbocycles. The second-order valence-corrected chi connectivity index (χ2v) is 8.00. The third-order valence-electron chi connectivity index (χ3n) is 5.51. The van der Waals surface area contributed by atoms with Gasteiger partial charge in [-0.05, 0) is 74.9 Å². The van der Waals surface area contributed by atoms with Gasteiger partial charge in [0.05, 0.1) is 11.1 Å². The van der Waals surface area contributed by atoms with E-state index in [0.717, 1.165) is 24.0 Å². The molecule has 0 aliphatic heterocycles. The highest BCUT2D eigenvalue weighted by atomic mass is 16.5. The molecule has 4 rings (SSSR count). The van der Waals surface area contributed by atoms with Gasteiger partial charge in [0.25, 0.3) is 0 Å². The molecule has 0 bridgehead atoms. The quantitative estimate of drug-likeness (QED) is 0.341. The maximum atomic E-state index is 11.9. The Kier molecular flexibility index (Phi) is 8.61. The van der Waals surface area contributed by atoms with Crippen LogP contribution in [0.3, 0.4) is 0 Å². The van der Waals surface area contributed by atoms with Gasteiger partial charge in [-0.25, -0.2) is 9.59 Å². The van der Waals surface area contributed by atoms with Crippen molar-refractivity contribution in [2.45, 2.75) is 52.1 Å². The van der Waals surface area contributed by atoms with E-state index in [4.69, 9.17) is 9.47 Å². The number of aryl methyl sites for hydroxylation is 2. The monoisotopic (exact) mass is 430 g/mol. The van der Waals surface area contributed by atoms with Crippen LogP contribution in [0.4, 0.5) is 0 Å². The summed E-state index contributed by atoms with van der Waals surface area (Å²) in [5.41, 5.74) is 3.21. The van der Waals surface area contributed by atoms with E-state index in [-0.39, 0.29) is 18.0 Å². The highest BCUT2D eigenvalue weighted by Gasteiger charge is 2.19. The Balaban J connectivity index is 0.000000181. The normalized spacial score (nSPS) is 13.4. The summed E-state index contributed by atoms with van der Waals surface area (Å²) in [6, 6.07) is 24.0. The smallest absolute Gasteiger partial charge is 0.343 e. The Morgan fingerprint density at radius 1 is 0.656 bits per heavy atom. The molecule has 4 nitrogen and oxygen atoms in total. The predicted octanol–water partition coefficient (Wildman–Crippen LogP) is 6.70. The number of rotatable bonds is 4. The van der Waals surface area contributed by atoms with Crippen molar-refractivity contribution in [3.63, 3.8) is 0 Å². The summed E-state index contributed by atoms with van der Waals surface area (Å²) in [6.45, 7) is 3.83. The lowest BCUT2D eigenvalue weighted by atomic mass is 9.97. The van der Waals surface area contributed by atoms with Gasteiger partial charge >= 0.3 is 11.9 Å². The van der Waals surface area contributed by atoms with Crippen molar-refractivity contribution in [3.8, 4) is 5.75 Å². The first-order valence-electron chi connectivity index (χ1n) is 11.1. The number of esters is 2. The van der Waals surface area contributed by atoms with E-state index in [2.05, 4.69) is 0 Å². The standard InChI is InChI=1S/C14H18O2.C14H12O2/c2*1-11-7-5-6-10-13(11)14(15)16-12-8-3-2-4-9-12/h5-7,10,12H,2-4,8-9H2,1H3;2-10H,1H3. The van der Waals surface area contributed by atoms with Crippen molar-refractivity contribution in [2.24, 2.45) is 0 Å². The van der Waals surface area contributed by atoms with Crippen molar-refractivity contribution in [3.05, 3.63) is 101 Å². The Hall–Kier alpha value is -3.40. The van der Waals surface area contributed by atoms with E-state index >= 15 is 0 Å². The van der Waals surface area contributed by atoms with E-state index in [1.165, 1.54) is 19.3 Å². The van der Waals surface area contributed by atoms with Crippen LogP contribution in [0, 0.1) is 13.8 Å². The van der Waals surface area contributed by atoms with Gasteiger partial charge in [0.1, 0.15) is 11.9 Å². The molecule has 32 heavy (non-hydrogen) atoms. The van der Waals surface area contributed by atoms with Gasteiger partial charge in [0.2, 0.25) is 0 Å². The highest BCUT2D eigenvalue weighted by molar-refractivity contribution is 5.92. The van der Waals surface area contributed by atoms with Crippen molar-refractivity contribution in [1.82, 2.24) is 0 Å². The molecule has 0 radical (unpaired) electrons. The van der Waals surface area contributed by atoms with E-state index in [9.17, 15) is 9.59 Å². The van der Waals surface area contributed by atoms with E-state index in [1.807, 2.05) is 74.5 Å². The number of hydrogen-bond donors (Lipinski definition) is 0. The number of ether oxygens (including phenoxy) is 2. The Morgan fingerprint density at radius 3 is 1.72 bits per heavy atom. The fourth-order valence-electron chi connectivity index (χ4n) is 3.65. The molecule has 3 aromatic carbocycles. The lowest BCUT2D eigenvalue weighted by Gasteiger charge is -2.22. The Bertz CT molecular complexity index is 1020. The summed E-state index contributed by atoms with van der Waals surface area (Å²) in [7, 11) is 0. The number of benzene rings is 3. The molecule has 0 aromatic heterocycles. The summed E-state index contributed by atoms with van der Waals surface area (Å²) >= 11 is 0. The maximum absolute atomic E-state index is 11.9. The van der Waals surface area contributed by atoms with Crippen LogP contribution in [0.25, 0.3) is 0 Å². The number of hydrogen-bond acceptors (Lipinski definition) is 4. The van der Waals surface area contributed by atoms with Crippen LogP contribution < -0.4 is 4.74 Å². The fraction of sp³-hybridized carbons (Fsp3) is 0.286. The SMILES string of the molecule is Cc1ccccc1C(=O)OC1CCCCC1.Cc1ccccc1C(=O)Oc1ccccc1. The summed E-state index contributed by atoms with van der Waals surface area (Å²) in [6.07, 6.45) is 5.84. The van der Waals surface area contributed by atoms with E-state index in [1.54, 1.807) is 18.2 Å². The predicted molar refractivity (Wildman–Crippen MR) is 126 cm³/mol. The molecular weight excluding hydrogens is 400 g/mol. The third-order valence-corrected chi connectivity index (χ3v) is 5.51. The fourth-order valence-corrected chi connectivity index (χ4v) is 3.65. The molecule has 0 unspecified atom stereocenters. The summed E-state index contributed by atoms with van der Waals surface area (Å²) < 4.78 is 10.8. The second kappa shape index (κ2) is 11.8. The topological polar surface area (TPSA) is 52.6 Å². The van der Waals surface area contributed by atoms with Crippen LogP contribution in [0.15, 0.2) is 78.9 Å². The molecule has 0 spiro atoms. The molecule has 0 saturated heterocycles. The highest BCUT2D eigenvalue weighted by Crippen LogP contribution is 2.22. The van der Waals surface area contributed by atoms with Crippen LogP contribution in [0.1, 0.15) is 63.9 Å². The molecule has 1 aliphatic rings. The molecular formula is C28H30O4. The summed E-state index contributed by atoms with van der Waals surface area (Å²) in [5, 5.41) is 0. The maximum Gasteiger partial charge on any atom is 0.343 e. The first kappa shape index (κ1) is 23.3. The van der Waals surface area contributed by atoms with Crippen molar-refractivity contribution in [2.75, 3.05) is 0 Å². The molecule has 166 valence electrons. The number of carbonyl (C=O) groups is 2. The third kappa shape index (κ3) is 6.81. The van der Waals surface area contributed by atoms with Gasteiger partial charge in [0.15, 0.2) is 0 Å². The zero-order valence-electron chi connectivity index (χ0n) is 18.8. The summed E-state index contributed by atoms with van der Waals surface area (Å²) in [5.74, 6) is 0.0880. The lowest BCUT2D eigenvalue weighted by Crippen LogP contribution is -2.21. The minimum absolute atomic E-state index is 0.140. The van der Waals surface area contributed by atoms with Crippen LogP contribution in [0.5, 0.6) is 5.75 Å².